The minimum atomic E-state index is -5.08. The zero-order valence-electron chi connectivity index (χ0n) is 18.5. The molecule has 1 unspecified atom stereocenters. The molecule has 6 nitrogen and oxygen atoms in total. The summed E-state index contributed by atoms with van der Waals surface area (Å²) in [5, 5.41) is 7.12. The lowest BCUT2D eigenvalue weighted by Gasteiger charge is -2.34. The third kappa shape index (κ3) is 6.64. The predicted octanol–water partition coefficient (Wildman–Crippen LogP) is 4.45. The van der Waals surface area contributed by atoms with E-state index in [1.54, 1.807) is 19.2 Å². The van der Waals surface area contributed by atoms with Crippen LogP contribution in [-0.4, -0.2) is 52.0 Å². The van der Waals surface area contributed by atoms with E-state index in [9.17, 15) is 17.6 Å². The maximum atomic E-state index is 13.6. The van der Waals surface area contributed by atoms with E-state index in [1.807, 2.05) is 18.5 Å². The van der Waals surface area contributed by atoms with Crippen molar-refractivity contribution in [1.82, 2.24) is 14.5 Å². The van der Waals surface area contributed by atoms with Gasteiger partial charge in [-0.3, -0.25) is 4.90 Å². The van der Waals surface area contributed by atoms with Gasteiger partial charge in [0.2, 0.25) is 0 Å². The van der Waals surface area contributed by atoms with Crippen molar-refractivity contribution >= 4 is 5.97 Å². The molecule has 0 fully saturated rings. The number of aliphatic carboxylic acids is 1. The summed E-state index contributed by atoms with van der Waals surface area (Å²) in [5.41, 5.74) is 3.64. The van der Waals surface area contributed by atoms with Crippen LogP contribution in [0.1, 0.15) is 28.4 Å². The van der Waals surface area contributed by atoms with E-state index in [-0.39, 0.29) is 11.7 Å². The molecule has 2 heterocycles. The number of imidazole rings is 1. The van der Waals surface area contributed by atoms with Gasteiger partial charge in [-0.15, -0.1) is 0 Å². The third-order valence-corrected chi connectivity index (χ3v) is 5.40. The molecule has 1 aliphatic heterocycles. The lowest BCUT2D eigenvalue weighted by Crippen LogP contribution is -2.35. The topological polar surface area (TPSA) is 67.6 Å². The molecule has 0 amide bonds. The highest BCUT2D eigenvalue weighted by Crippen LogP contribution is 2.33. The smallest absolute Gasteiger partial charge is 0.475 e. The molecule has 2 aromatic carbocycles. The van der Waals surface area contributed by atoms with E-state index in [1.165, 1.54) is 17.2 Å². The van der Waals surface area contributed by atoms with Crippen LogP contribution in [0.15, 0.2) is 60.9 Å². The summed E-state index contributed by atoms with van der Waals surface area (Å²) in [5.74, 6) is -1.69. The quantitative estimate of drug-likeness (QED) is 0.530. The van der Waals surface area contributed by atoms with Crippen molar-refractivity contribution in [2.75, 3.05) is 20.3 Å². The molecule has 0 spiro atoms. The second-order valence-corrected chi connectivity index (χ2v) is 7.83. The second kappa shape index (κ2) is 11.3. The molecule has 0 aliphatic carbocycles. The van der Waals surface area contributed by atoms with Crippen molar-refractivity contribution in [3.8, 4) is 0 Å². The van der Waals surface area contributed by atoms with E-state index in [2.05, 4.69) is 38.7 Å². The molecule has 3 aromatic rings. The van der Waals surface area contributed by atoms with Gasteiger partial charge in [0.05, 0.1) is 12.5 Å². The minimum absolute atomic E-state index is 0.184. The molecule has 10 heteroatoms. The van der Waals surface area contributed by atoms with Crippen molar-refractivity contribution in [3.63, 3.8) is 0 Å². The van der Waals surface area contributed by atoms with Crippen molar-refractivity contribution in [2.24, 2.45) is 0 Å². The van der Waals surface area contributed by atoms with Crippen LogP contribution in [0.25, 0.3) is 0 Å². The number of halogens is 4. The number of hydrogen-bond donors (Lipinski definition) is 1. The Hall–Kier alpha value is -3.24. The molecule has 0 saturated heterocycles. The first-order chi connectivity index (χ1) is 16.2. The summed E-state index contributed by atoms with van der Waals surface area (Å²) >= 11 is 0. The second-order valence-electron chi connectivity index (χ2n) is 7.83. The number of alkyl halides is 3. The van der Waals surface area contributed by atoms with E-state index >= 15 is 0 Å². The Morgan fingerprint density at radius 2 is 1.94 bits per heavy atom. The Labute approximate surface area is 194 Å². The largest absolute Gasteiger partial charge is 0.490 e. The number of aromatic nitrogens is 2. The lowest BCUT2D eigenvalue weighted by atomic mass is 9.88. The van der Waals surface area contributed by atoms with Crippen LogP contribution < -0.4 is 0 Å². The van der Waals surface area contributed by atoms with Gasteiger partial charge < -0.3 is 14.4 Å². The molecular formula is C24H25F4N3O3. The van der Waals surface area contributed by atoms with Crippen molar-refractivity contribution in [3.05, 3.63) is 89.3 Å². The first-order valence-corrected chi connectivity index (χ1v) is 10.5. The summed E-state index contributed by atoms with van der Waals surface area (Å²) in [6, 6.07) is 15.4. The molecule has 0 saturated carbocycles. The summed E-state index contributed by atoms with van der Waals surface area (Å²) in [6.45, 7) is 3.89. The Kier molecular flexibility index (Phi) is 8.41. The maximum Gasteiger partial charge on any atom is 0.490 e. The molecule has 1 atom stereocenters. The first-order valence-electron chi connectivity index (χ1n) is 10.5. The van der Waals surface area contributed by atoms with Crippen molar-refractivity contribution in [2.45, 2.75) is 31.7 Å². The van der Waals surface area contributed by atoms with Crippen LogP contribution in [0.2, 0.25) is 0 Å². The van der Waals surface area contributed by atoms with Crippen LogP contribution in [-0.2, 0) is 29.2 Å². The number of carbonyl (C=O) groups is 1. The van der Waals surface area contributed by atoms with Gasteiger partial charge in [-0.25, -0.2) is 14.2 Å². The molecule has 4 rings (SSSR count). The summed E-state index contributed by atoms with van der Waals surface area (Å²) in [7, 11) is 1.72. The fraction of sp³-hybridized carbons (Fsp3) is 0.333. The number of rotatable bonds is 6. The Morgan fingerprint density at radius 1 is 1.21 bits per heavy atom. The Bertz CT molecular complexity index is 1100. The van der Waals surface area contributed by atoms with E-state index in [0.29, 0.717) is 6.61 Å². The van der Waals surface area contributed by atoms with Gasteiger partial charge in [0.15, 0.2) is 0 Å². The average Bonchev–Trinajstić information content (AvgIpc) is 3.25. The highest BCUT2D eigenvalue weighted by atomic mass is 19.4. The minimum Gasteiger partial charge on any atom is -0.475 e. The fourth-order valence-electron chi connectivity index (χ4n) is 3.92. The predicted molar refractivity (Wildman–Crippen MR) is 117 cm³/mol. The standard InChI is InChI=1S/C22H24FN3O.C2HF3O2/c1-27-12-11-26-10-9-24-22(26)21-16-25(14-17-5-4-7-19(23)13-17)15-18-6-2-3-8-20(18)21;3-2(4,5)1(6)7/h2-10,13,21H,11-12,14-16H2,1H3;(H,6,7). The molecule has 1 aliphatic rings. The summed E-state index contributed by atoms with van der Waals surface area (Å²) < 4.78 is 52.7. The van der Waals surface area contributed by atoms with Crippen molar-refractivity contribution < 1.29 is 32.2 Å². The van der Waals surface area contributed by atoms with Crippen LogP contribution in [0.5, 0.6) is 0 Å². The fourth-order valence-corrected chi connectivity index (χ4v) is 3.92. The highest BCUT2D eigenvalue weighted by Gasteiger charge is 2.38. The van der Waals surface area contributed by atoms with Crippen LogP contribution in [0.4, 0.5) is 17.6 Å². The number of nitrogens with zero attached hydrogens (tertiary/aromatic N) is 3. The number of methoxy groups -OCH3 is 1. The molecular weight excluding hydrogens is 454 g/mol. The number of benzene rings is 2. The molecule has 1 aromatic heterocycles. The number of carboxylic acid groups (broad SMARTS) is 1. The first kappa shape index (κ1) is 25.4. The number of ether oxygens (including phenoxy) is 1. The van der Waals surface area contributed by atoms with E-state index in [0.717, 1.165) is 37.6 Å². The number of hydrogen-bond acceptors (Lipinski definition) is 4. The lowest BCUT2D eigenvalue weighted by molar-refractivity contribution is -0.192. The van der Waals surface area contributed by atoms with Crippen LogP contribution >= 0.6 is 0 Å². The number of carboxylic acids is 1. The van der Waals surface area contributed by atoms with Gasteiger partial charge in [-0.05, 0) is 28.8 Å². The van der Waals surface area contributed by atoms with E-state index < -0.39 is 12.1 Å². The van der Waals surface area contributed by atoms with Gasteiger partial charge in [-0.1, -0.05) is 36.4 Å². The van der Waals surface area contributed by atoms with Crippen LogP contribution in [0, 0.1) is 5.82 Å². The average molecular weight is 479 g/mol. The van der Waals surface area contributed by atoms with Gasteiger partial charge in [0.25, 0.3) is 0 Å². The highest BCUT2D eigenvalue weighted by molar-refractivity contribution is 5.73. The third-order valence-electron chi connectivity index (χ3n) is 5.40. The molecule has 182 valence electrons. The Morgan fingerprint density at radius 3 is 2.62 bits per heavy atom. The zero-order valence-corrected chi connectivity index (χ0v) is 18.5. The summed E-state index contributed by atoms with van der Waals surface area (Å²) in [4.78, 5) is 15.9. The summed E-state index contributed by atoms with van der Waals surface area (Å²) in [6.07, 6.45) is -1.21. The molecule has 34 heavy (non-hydrogen) atoms. The molecule has 0 bridgehead atoms. The normalized spacial score (nSPS) is 15.9. The van der Waals surface area contributed by atoms with Gasteiger partial charge in [0, 0.05) is 45.7 Å². The monoisotopic (exact) mass is 479 g/mol. The zero-order chi connectivity index (χ0) is 24.7. The number of fused-ring (bicyclic) bond motifs is 1. The van der Waals surface area contributed by atoms with Crippen LogP contribution in [0.3, 0.4) is 0 Å². The van der Waals surface area contributed by atoms with Gasteiger partial charge >= 0.3 is 12.1 Å². The van der Waals surface area contributed by atoms with E-state index in [4.69, 9.17) is 14.6 Å². The maximum absolute atomic E-state index is 13.6. The van der Waals surface area contributed by atoms with Gasteiger partial charge in [-0.2, -0.15) is 13.2 Å². The van der Waals surface area contributed by atoms with Crippen molar-refractivity contribution in [1.29, 1.82) is 0 Å². The van der Waals surface area contributed by atoms with Gasteiger partial charge in [0.1, 0.15) is 11.6 Å². The Balaban J connectivity index is 0.000000406. The molecule has 1 N–H and O–H groups in total. The SMILES string of the molecule is COCCn1ccnc1C1CN(Cc2cccc(F)c2)Cc2ccccc21.O=C(O)C(F)(F)F. The molecule has 0 radical (unpaired) electrons.